The number of halogens is 1. The number of rotatable bonds is 4. The van der Waals surface area contributed by atoms with Crippen molar-refractivity contribution in [2.45, 2.75) is 18.9 Å². The Kier molecular flexibility index (Phi) is 4.00. The summed E-state index contributed by atoms with van der Waals surface area (Å²) in [6.45, 7) is 1.72. The van der Waals surface area contributed by atoms with E-state index in [-0.39, 0.29) is 12.4 Å². The van der Waals surface area contributed by atoms with Gasteiger partial charge in [0.2, 0.25) is 0 Å². The summed E-state index contributed by atoms with van der Waals surface area (Å²) in [6, 6.07) is 6.21. The monoisotopic (exact) mass is 209 g/mol. The smallest absolute Gasteiger partial charge is 0.123 e. The molecule has 0 spiro atoms. The summed E-state index contributed by atoms with van der Waals surface area (Å²) in [5, 5.41) is 8.92. The number of benzene rings is 1. The Morgan fingerprint density at radius 3 is 2.53 bits per heavy atom. The average Bonchev–Trinajstić information content (AvgIpc) is 2.21. The maximum atomic E-state index is 12.6. The molecule has 82 valence electrons. The van der Waals surface area contributed by atoms with Crippen molar-refractivity contribution in [2.75, 3.05) is 6.61 Å². The van der Waals surface area contributed by atoms with E-state index in [1.165, 1.54) is 12.1 Å². The molecule has 3 heteroatoms. The molecule has 0 bridgehead atoms. The number of nitrogens with two attached hydrogens (primary N) is 1. The van der Waals surface area contributed by atoms with Gasteiger partial charge in [0, 0.05) is 5.54 Å². The molecule has 0 heterocycles. The summed E-state index contributed by atoms with van der Waals surface area (Å²) in [5.74, 6) is -0.244. The van der Waals surface area contributed by atoms with E-state index in [1.807, 2.05) is 12.2 Å². The normalized spacial score (nSPS) is 15.5. The van der Waals surface area contributed by atoms with Crippen LogP contribution in [-0.2, 0) is 0 Å². The minimum Gasteiger partial charge on any atom is -0.394 e. The molecule has 0 aliphatic heterocycles. The number of hydrogen-bond donors (Lipinski definition) is 2. The molecule has 0 saturated carbocycles. The van der Waals surface area contributed by atoms with Gasteiger partial charge in [0.05, 0.1) is 6.61 Å². The molecule has 0 radical (unpaired) electrons. The highest BCUT2D eigenvalue weighted by Crippen LogP contribution is 2.09. The predicted octanol–water partition coefficient (Wildman–Crippen LogP) is 1.94. The zero-order valence-electron chi connectivity index (χ0n) is 8.78. The van der Waals surface area contributed by atoms with Crippen molar-refractivity contribution in [3.05, 3.63) is 41.7 Å². The number of aliphatic hydroxyl groups is 1. The zero-order chi connectivity index (χ0) is 11.3. The molecule has 0 aromatic heterocycles. The first-order chi connectivity index (χ1) is 7.03. The van der Waals surface area contributed by atoms with Crippen molar-refractivity contribution in [2.24, 2.45) is 5.73 Å². The van der Waals surface area contributed by atoms with Crippen LogP contribution in [0.5, 0.6) is 0 Å². The fourth-order valence-corrected chi connectivity index (χ4v) is 1.10. The second kappa shape index (κ2) is 5.05. The first kappa shape index (κ1) is 11.9. The Bertz CT molecular complexity index is 330. The molecule has 0 aliphatic carbocycles. The van der Waals surface area contributed by atoms with Crippen molar-refractivity contribution < 1.29 is 9.50 Å². The lowest BCUT2D eigenvalue weighted by Gasteiger charge is -2.18. The fraction of sp³-hybridized carbons (Fsp3) is 0.333. The minimum absolute atomic E-state index is 0.0548. The highest BCUT2D eigenvalue weighted by molar-refractivity contribution is 5.48. The molecule has 0 amide bonds. The van der Waals surface area contributed by atoms with Crippen LogP contribution < -0.4 is 5.73 Å². The van der Waals surface area contributed by atoms with Gasteiger partial charge in [-0.3, -0.25) is 0 Å². The highest BCUT2D eigenvalue weighted by Gasteiger charge is 2.13. The van der Waals surface area contributed by atoms with Gasteiger partial charge in [-0.2, -0.15) is 0 Å². The number of aliphatic hydroxyl groups excluding tert-OH is 1. The van der Waals surface area contributed by atoms with E-state index in [1.54, 1.807) is 19.1 Å². The van der Waals surface area contributed by atoms with Crippen LogP contribution in [0.4, 0.5) is 4.39 Å². The van der Waals surface area contributed by atoms with Crippen molar-refractivity contribution >= 4 is 6.08 Å². The molecule has 0 fully saturated rings. The standard InChI is InChI=1S/C12H16FNO/c1-12(14,9-15)8-2-3-10-4-6-11(13)7-5-10/h2-7,15H,8-9,14H2,1H3/b3-2+. The van der Waals surface area contributed by atoms with E-state index in [0.29, 0.717) is 6.42 Å². The van der Waals surface area contributed by atoms with E-state index >= 15 is 0 Å². The fourth-order valence-electron chi connectivity index (χ4n) is 1.10. The molecule has 1 rings (SSSR count). The third-order valence-electron chi connectivity index (χ3n) is 2.13. The van der Waals surface area contributed by atoms with Crippen LogP contribution in [0.2, 0.25) is 0 Å². The largest absolute Gasteiger partial charge is 0.394 e. The van der Waals surface area contributed by atoms with Gasteiger partial charge >= 0.3 is 0 Å². The van der Waals surface area contributed by atoms with Gasteiger partial charge < -0.3 is 10.8 Å². The Labute approximate surface area is 89.2 Å². The lowest BCUT2D eigenvalue weighted by molar-refractivity contribution is 0.210. The summed E-state index contributed by atoms with van der Waals surface area (Å²) in [6.07, 6.45) is 4.32. The van der Waals surface area contributed by atoms with E-state index in [4.69, 9.17) is 10.8 Å². The molecule has 1 unspecified atom stereocenters. The molecule has 0 saturated heterocycles. The first-order valence-corrected chi connectivity index (χ1v) is 4.85. The first-order valence-electron chi connectivity index (χ1n) is 4.85. The Morgan fingerprint density at radius 1 is 1.40 bits per heavy atom. The van der Waals surface area contributed by atoms with E-state index in [2.05, 4.69) is 0 Å². The molecule has 2 nitrogen and oxygen atoms in total. The zero-order valence-corrected chi connectivity index (χ0v) is 8.78. The maximum absolute atomic E-state index is 12.6. The van der Waals surface area contributed by atoms with Gasteiger partial charge in [-0.15, -0.1) is 0 Å². The van der Waals surface area contributed by atoms with Crippen LogP contribution in [-0.4, -0.2) is 17.3 Å². The minimum atomic E-state index is -0.587. The summed E-state index contributed by atoms with van der Waals surface area (Å²) in [4.78, 5) is 0. The van der Waals surface area contributed by atoms with Crippen LogP contribution in [0.25, 0.3) is 6.08 Å². The van der Waals surface area contributed by atoms with Crippen molar-refractivity contribution in [1.82, 2.24) is 0 Å². The molecule has 0 aliphatic rings. The molecule has 1 atom stereocenters. The van der Waals surface area contributed by atoms with Crippen LogP contribution in [0.15, 0.2) is 30.3 Å². The van der Waals surface area contributed by atoms with Gasteiger partial charge in [0.15, 0.2) is 0 Å². The molecule has 15 heavy (non-hydrogen) atoms. The summed E-state index contributed by atoms with van der Waals surface area (Å²) in [5.41, 5.74) is 6.08. The third-order valence-corrected chi connectivity index (χ3v) is 2.13. The van der Waals surface area contributed by atoms with Gasteiger partial charge in [0.25, 0.3) is 0 Å². The van der Waals surface area contributed by atoms with E-state index in [9.17, 15) is 4.39 Å². The van der Waals surface area contributed by atoms with Gasteiger partial charge in [-0.05, 0) is 31.0 Å². The van der Waals surface area contributed by atoms with Gasteiger partial charge in [-0.25, -0.2) is 4.39 Å². The molecule has 1 aromatic rings. The highest BCUT2D eigenvalue weighted by atomic mass is 19.1. The molecule has 1 aromatic carbocycles. The summed E-state index contributed by atoms with van der Waals surface area (Å²) < 4.78 is 12.6. The quantitative estimate of drug-likeness (QED) is 0.796. The maximum Gasteiger partial charge on any atom is 0.123 e. The molecular formula is C12H16FNO. The van der Waals surface area contributed by atoms with Gasteiger partial charge in [-0.1, -0.05) is 24.3 Å². The second-order valence-corrected chi connectivity index (χ2v) is 3.97. The van der Waals surface area contributed by atoms with Crippen molar-refractivity contribution in [3.63, 3.8) is 0 Å². The summed E-state index contributed by atoms with van der Waals surface area (Å²) in [7, 11) is 0. The lowest BCUT2D eigenvalue weighted by Crippen LogP contribution is -2.39. The predicted molar refractivity (Wildman–Crippen MR) is 59.7 cm³/mol. The van der Waals surface area contributed by atoms with Crippen molar-refractivity contribution in [1.29, 1.82) is 0 Å². The van der Waals surface area contributed by atoms with Crippen LogP contribution in [0, 0.1) is 5.82 Å². The van der Waals surface area contributed by atoms with Crippen molar-refractivity contribution in [3.8, 4) is 0 Å². The van der Waals surface area contributed by atoms with Gasteiger partial charge in [0.1, 0.15) is 5.82 Å². The van der Waals surface area contributed by atoms with E-state index in [0.717, 1.165) is 5.56 Å². The van der Waals surface area contributed by atoms with Crippen LogP contribution >= 0.6 is 0 Å². The Balaban J connectivity index is 2.55. The average molecular weight is 209 g/mol. The van der Waals surface area contributed by atoms with Crippen LogP contribution in [0.3, 0.4) is 0 Å². The second-order valence-electron chi connectivity index (χ2n) is 3.97. The SMILES string of the molecule is CC(N)(CO)C/C=C/c1ccc(F)cc1. The summed E-state index contributed by atoms with van der Waals surface area (Å²) >= 11 is 0. The topological polar surface area (TPSA) is 46.2 Å². The van der Waals surface area contributed by atoms with E-state index < -0.39 is 5.54 Å². The lowest BCUT2D eigenvalue weighted by atomic mass is 10.00. The molecular weight excluding hydrogens is 193 g/mol. The Hall–Kier alpha value is -1.19. The van der Waals surface area contributed by atoms with Crippen LogP contribution in [0.1, 0.15) is 18.9 Å². The Morgan fingerprint density at radius 2 is 2.00 bits per heavy atom. The third kappa shape index (κ3) is 4.23. The molecule has 3 N–H and O–H groups in total. The number of hydrogen-bond acceptors (Lipinski definition) is 2.